The molecule has 0 spiro atoms. The summed E-state index contributed by atoms with van der Waals surface area (Å²) in [5.41, 5.74) is 5.32. The maximum Gasteiger partial charge on any atom is 0.326 e. The number of hydrogen-bond acceptors (Lipinski definition) is 4. The molecule has 3 N–H and O–H groups in total. The highest BCUT2D eigenvalue weighted by atomic mass is 16.4. The van der Waals surface area contributed by atoms with Crippen LogP contribution in [0.5, 0.6) is 5.75 Å². The van der Waals surface area contributed by atoms with E-state index >= 15 is 0 Å². The van der Waals surface area contributed by atoms with Gasteiger partial charge in [0.1, 0.15) is 11.8 Å². The van der Waals surface area contributed by atoms with E-state index in [1.54, 1.807) is 12.1 Å². The van der Waals surface area contributed by atoms with Crippen molar-refractivity contribution in [2.45, 2.75) is 52.6 Å². The van der Waals surface area contributed by atoms with Gasteiger partial charge in [-0.25, -0.2) is 4.79 Å². The molecular weight excluding hydrogens is 548 g/mol. The molecule has 3 atom stereocenters. The minimum absolute atomic E-state index is 0.0419. The Bertz CT molecular complexity index is 1550. The summed E-state index contributed by atoms with van der Waals surface area (Å²) in [4.78, 5) is 28.5. The monoisotopic (exact) mass is 590 g/mol. The lowest BCUT2D eigenvalue weighted by atomic mass is 9.87. The Morgan fingerprint density at radius 2 is 1.39 bits per heavy atom. The summed E-state index contributed by atoms with van der Waals surface area (Å²) in [6.45, 7) is 12.0. The fourth-order valence-electron chi connectivity index (χ4n) is 5.63. The van der Waals surface area contributed by atoms with Gasteiger partial charge in [-0.2, -0.15) is 0 Å². The van der Waals surface area contributed by atoms with Crippen molar-refractivity contribution in [3.8, 4) is 5.75 Å². The highest BCUT2D eigenvalue weighted by Gasteiger charge is 2.32. The maximum absolute atomic E-state index is 14.4. The van der Waals surface area contributed by atoms with Crippen molar-refractivity contribution >= 4 is 23.3 Å². The predicted octanol–water partition coefficient (Wildman–Crippen LogP) is 7.57. The number of carbonyl (C=O) groups is 2. The highest BCUT2D eigenvalue weighted by molar-refractivity contribution is 5.96. The van der Waals surface area contributed by atoms with E-state index in [4.69, 9.17) is 0 Å². The second kappa shape index (κ2) is 14.6. The number of hydrogen-bond donors (Lipinski definition) is 3. The molecule has 0 aliphatic carbocycles. The van der Waals surface area contributed by atoms with Gasteiger partial charge in [-0.1, -0.05) is 105 Å². The zero-order valence-corrected chi connectivity index (χ0v) is 25.9. The lowest BCUT2D eigenvalue weighted by molar-refractivity contribution is -0.139. The first kappa shape index (κ1) is 32.1. The van der Waals surface area contributed by atoms with Crippen LogP contribution >= 0.6 is 0 Å². The summed E-state index contributed by atoms with van der Waals surface area (Å²) in [6.07, 6.45) is 0.825. The Balaban J connectivity index is 1.61. The number of carboxylic acid groups (broad SMARTS) is 1. The van der Waals surface area contributed by atoms with Crippen molar-refractivity contribution in [1.29, 1.82) is 0 Å². The van der Waals surface area contributed by atoms with Gasteiger partial charge in [0.2, 0.25) is 5.91 Å². The lowest BCUT2D eigenvalue weighted by Crippen LogP contribution is -2.41. The summed E-state index contributed by atoms with van der Waals surface area (Å²) in [6, 6.07) is 31.6. The van der Waals surface area contributed by atoms with Crippen LogP contribution in [0.15, 0.2) is 110 Å². The minimum Gasteiger partial charge on any atom is -0.507 e. The molecule has 0 bridgehead atoms. The van der Waals surface area contributed by atoms with Gasteiger partial charge in [0, 0.05) is 29.3 Å². The molecule has 44 heavy (non-hydrogen) atoms. The number of aromatic hydroxyl groups is 1. The van der Waals surface area contributed by atoms with Crippen LogP contribution in [-0.2, 0) is 22.4 Å². The first-order chi connectivity index (χ1) is 21.1. The van der Waals surface area contributed by atoms with Gasteiger partial charge in [0.05, 0.1) is 6.04 Å². The average molecular weight is 591 g/mol. The van der Waals surface area contributed by atoms with Gasteiger partial charge in [-0.15, -0.1) is 0 Å². The molecule has 0 fully saturated rings. The van der Waals surface area contributed by atoms with E-state index in [9.17, 15) is 19.8 Å². The summed E-state index contributed by atoms with van der Waals surface area (Å²) in [7, 11) is 0. The number of amides is 1. The zero-order valence-electron chi connectivity index (χ0n) is 25.9. The van der Waals surface area contributed by atoms with Gasteiger partial charge in [-0.3, -0.25) is 4.79 Å². The van der Waals surface area contributed by atoms with Crippen molar-refractivity contribution in [2.75, 3.05) is 4.90 Å². The molecule has 0 saturated heterocycles. The Labute approximate surface area is 260 Å². The molecule has 1 amide bonds. The quantitative estimate of drug-likeness (QED) is 0.149. The van der Waals surface area contributed by atoms with Gasteiger partial charge in [0.15, 0.2) is 0 Å². The number of carbonyl (C=O) groups excluding carboxylic acids is 1. The third-order valence-corrected chi connectivity index (χ3v) is 8.18. The number of aliphatic carboxylic acids is 1. The summed E-state index contributed by atoms with van der Waals surface area (Å²) < 4.78 is 0. The second-order valence-corrected chi connectivity index (χ2v) is 11.7. The van der Waals surface area contributed by atoms with Crippen LogP contribution in [0, 0.1) is 18.8 Å². The fourth-order valence-corrected chi connectivity index (χ4v) is 5.63. The molecule has 0 saturated carbocycles. The summed E-state index contributed by atoms with van der Waals surface area (Å²) in [5.74, 6) is -1.05. The van der Waals surface area contributed by atoms with Crippen LogP contribution in [0.3, 0.4) is 0 Å². The molecule has 0 aliphatic rings. The van der Waals surface area contributed by atoms with E-state index in [0.717, 1.165) is 27.9 Å². The fraction of sp³-hybridized carbons (Fsp3) is 0.263. The van der Waals surface area contributed by atoms with Crippen molar-refractivity contribution in [2.24, 2.45) is 11.8 Å². The molecule has 0 radical (unpaired) electrons. The van der Waals surface area contributed by atoms with Crippen LogP contribution in [0.4, 0.5) is 5.69 Å². The summed E-state index contributed by atoms with van der Waals surface area (Å²) in [5, 5.41) is 23.3. The third kappa shape index (κ3) is 7.75. The van der Waals surface area contributed by atoms with Crippen molar-refractivity contribution in [3.05, 3.63) is 138 Å². The first-order valence-electron chi connectivity index (χ1n) is 15.0. The molecule has 4 aromatic carbocycles. The summed E-state index contributed by atoms with van der Waals surface area (Å²) >= 11 is 0. The second-order valence-electron chi connectivity index (χ2n) is 11.7. The van der Waals surface area contributed by atoms with Gasteiger partial charge >= 0.3 is 5.97 Å². The molecule has 3 unspecified atom stereocenters. The molecule has 0 aliphatic heterocycles. The number of benzene rings is 4. The van der Waals surface area contributed by atoms with Crippen LogP contribution in [0.2, 0.25) is 0 Å². The molecule has 228 valence electrons. The van der Waals surface area contributed by atoms with E-state index in [1.807, 2.05) is 97.6 Å². The Morgan fingerprint density at radius 3 is 1.95 bits per heavy atom. The number of nitrogens with one attached hydrogen (secondary N) is 1. The number of phenols is 1. The predicted molar refractivity (Wildman–Crippen MR) is 177 cm³/mol. The number of carboxylic acids is 1. The van der Waals surface area contributed by atoms with Crippen LogP contribution in [0.1, 0.15) is 54.6 Å². The largest absolute Gasteiger partial charge is 0.507 e. The number of aryl methyl sites for hydroxylation is 1. The molecular formula is C38H42N2O4. The molecule has 0 aromatic heterocycles. The number of nitrogens with zero attached hydrogens (tertiary/aromatic N) is 1. The van der Waals surface area contributed by atoms with Crippen molar-refractivity contribution in [1.82, 2.24) is 5.32 Å². The number of rotatable bonds is 13. The van der Waals surface area contributed by atoms with Crippen LogP contribution < -0.4 is 10.2 Å². The van der Waals surface area contributed by atoms with E-state index in [1.165, 1.54) is 0 Å². The topological polar surface area (TPSA) is 89.9 Å². The molecule has 0 heterocycles. The standard InChI is InChI=1S/C38H42N2O4/c1-25(2)33(23-29-14-8-6-9-15-29)37(42)40(28(5)31-16-10-7-11-17-31)32-21-19-30(20-22-32)24-34(38(43)44)39-27(4)36-26(3)13-12-18-35(36)41/h6-22,25,28,33-34,39,41H,4,23-24H2,1-3,5H3,(H,43,44). The average Bonchev–Trinajstić information content (AvgIpc) is 3.01. The molecule has 6 heteroatoms. The molecule has 4 rings (SSSR count). The van der Waals surface area contributed by atoms with E-state index in [-0.39, 0.29) is 36.0 Å². The lowest BCUT2D eigenvalue weighted by Gasteiger charge is -2.34. The van der Waals surface area contributed by atoms with Crippen LogP contribution in [0.25, 0.3) is 5.70 Å². The molecule has 6 nitrogen and oxygen atoms in total. The van der Waals surface area contributed by atoms with Crippen molar-refractivity contribution < 1.29 is 19.8 Å². The van der Waals surface area contributed by atoms with Gasteiger partial charge in [0.25, 0.3) is 0 Å². The number of phenolic OH excluding ortho intramolecular Hbond substituents is 1. The molecule has 4 aromatic rings. The SMILES string of the molecule is C=C(NC(Cc1ccc(N(C(=O)C(Cc2ccccc2)C(C)C)C(C)c2ccccc2)cc1)C(=O)O)c1c(C)cccc1O. The highest BCUT2D eigenvalue weighted by Crippen LogP contribution is 2.32. The third-order valence-electron chi connectivity index (χ3n) is 8.18. The Hall–Kier alpha value is -4.84. The van der Waals surface area contributed by atoms with Crippen LogP contribution in [-0.4, -0.2) is 28.1 Å². The Morgan fingerprint density at radius 1 is 0.795 bits per heavy atom. The van der Waals surface area contributed by atoms with Gasteiger partial charge < -0.3 is 20.4 Å². The van der Waals surface area contributed by atoms with E-state index in [0.29, 0.717) is 17.7 Å². The van der Waals surface area contributed by atoms with E-state index in [2.05, 4.69) is 37.9 Å². The van der Waals surface area contributed by atoms with Crippen molar-refractivity contribution in [3.63, 3.8) is 0 Å². The smallest absolute Gasteiger partial charge is 0.326 e. The zero-order chi connectivity index (χ0) is 31.8. The normalized spacial score (nSPS) is 13.1. The van der Waals surface area contributed by atoms with Gasteiger partial charge in [-0.05, 0) is 66.6 Å². The maximum atomic E-state index is 14.4. The first-order valence-corrected chi connectivity index (χ1v) is 15.0. The minimum atomic E-state index is -1.03. The Kier molecular flexibility index (Phi) is 10.6. The van der Waals surface area contributed by atoms with E-state index < -0.39 is 12.0 Å². The number of anilines is 1.